The first-order valence-electron chi connectivity index (χ1n) is 4.15. The Balaban J connectivity index is 3.06. The summed E-state index contributed by atoms with van der Waals surface area (Å²) in [6.45, 7) is -0.831. The first-order chi connectivity index (χ1) is 7.10. The molecule has 0 aliphatic heterocycles. The zero-order valence-electron chi connectivity index (χ0n) is 8.06. The number of carbonyl (C=O) groups excluding carboxylic acids is 2. The van der Waals surface area contributed by atoms with Crippen molar-refractivity contribution in [3.8, 4) is 11.5 Å². The standard InChI is InChI=1S/C10H10O5/c1-15-9-4-6(2-3-7(9)12)10(14)8(13)5-11/h2-4,11-12H,5H2,1H3. The Hall–Kier alpha value is -1.88. The van der Waals surface area contributed by atoms with E-state index in [0.717, 1.165) is 0 Å². The van der Waals surface area contributed by atoms with Crippen LogP contribution in [0.1, 0.15) is 10.4 Å². The minimum atomic E-state index is -0.900. The summed E-state index contributed by atoms with van der Waals surface area (Å²) >= 11 is 0. The second-order valence-corrected chi connectivity index (χ2v) is 2.80. The molecule has 0 spiro atoms. The van der Waals surface area contributed by atoms with E-state index in [9.17, 15) is 14.7 Å². The molecule has 0 aliphatic rings. The molecule has 0 saturated carbocycles. The molecule has 0 saturated heterocycles. The number of aromatic hydroxyl groups is 1. The van der Waals surface area contributed by atoms with Crippen LogP contribution in [0, 0.1) is 0 Å². The minimum absolute atomic E-state index is 0.0729. The van der Waals surface area contributed by atoms with E-state index in [4.69, 9.17) is 9.84 Å². The number of hydrogen-bond donors (Lipinski definition) is 2. The molecule has 15 heavy (non-hydrogen) atoms. The average Bonchev–Trinajstić information content (AvgIpc) is 2.27. The van der Waals surface area contributed by atoms with Crippen LogP contribution in [-0.4, -0.2) is 35.5 Å². The van der Waals surface area contributed by atoms with Crippen molar-refractivity contribution < 1.29 is 24.5 Å². The number of hydrogen-bond acceptors (Lipinski definition) is 5. The van der Waals surface area contributed by atoms with Gasteiger partial charge in [-0.05, 0) is 18.2 Å². The van der Waals surface area contributed by atoms with E-state index in [-0.39, 0.29) is 17.1 Å². The van der Waals surface area contributed by atoms with E-state index in [1.165, 1.54) is 25.3 Å². The van der Waals surface area contributed by atoms with Gasteiger partial charge in [-0.15, -0.1) is 0 Å². The van der Waals surface area contributed by atoms with E-state index in [2.05, 4.69) is 0 Å². The van der Waals surface area contributed by atoms with Gasteiger partial charge in [0.15, 0.2) is 11.5 Å². The molecule has 80 valence electrons. The monoisotopic (exact) mass is 210 g/mol. The second-order valence-electron chi connectivity index (χ2n) is 2.80. The number of phenolic OH excluding ortho intramolecular Hbond substituents is 1. The molecule has 1 rings (SSSR count). The van der Waals surface area contributed by atoms with Crippen molar-refractivity contribution in [2.75, 3.05) is 13.7 Å². The van der Waals surface area contributed by atoms with Crippen LogP contribution < -0.4 is 4.74 Å². The molecular weight excluding hydrogens is 200 g/mol. The molecular formula is C10H10O5. The number of aliphatic hydroxyl groups excluding tert-OH is 1. The van der Waals surface area contributed by atoms with Gasteiger partial charge >= 0.3 is 0 Å². The van der Waals surface area contributed by atoms with Crippen molar-refractivity contribution in [3.05, 3.63) is 23.8 Å². The molecule has 0 bridgehead atoms. The summed E-state index contributed by atoms with van der Waals surface area (Å²) in [6.07, 6.45) is 0. The van der Waals surface area contributed by atoms with Gasteiger partial charge in [0.1, 0.15) is 6.61 Å². The van der Waals surface area contributed by atoms with Crippen LogP contribution in [0.4, 0.5) is 0 Å². The van der Waals surface area contributed by atoms with Crippen LogP contribution >= 0.6 is 0 Å². The Morgan fingerprint density at radius 2 is 2.07 bits per heavy atom. The molecule has 5 nitrogen and oxygen atoms in total. The van der Waals surface area contributed by atoms with E-state index in [1.807, 2.05) is 0 Å². The van der Waals surface area contributed by atoms with Crippen molar-refractivity contribution in [2.45, 2.75) is 0 Å². The highest BCUT2D eigenvalue weighted by atomic mass is 16.5. The fourth-order valence-electron chi connectivity index (χ4n) is 1.05. The minimum Gasteiger partial charge on any atom is -0.504 e. The molecule has 0 radical (unpaired) electrons. The fraction of sp³-hybridized carbons (Fsp3) is 0.200. The zero-order chi connectivity index (χ0) is 11.4. The lowest BCUT2D eigenvalue weighted by Gasteiger charge is -2.04. The largest absolute Gasteiger partial charge is 0.504 e. The fourth-order valence-corrected chi connectivity index (χ4v) is 1.05. The third-order valence-corrected chi connectivity index (χ3v) is 1.84. The lowest BCUT2D eigenvalue weighted by atomic mass is 10.1. The second kappa shape index (κ2) is 4.56. The highest BCUT2D eigenvalue weighted by molar-refractivity contribution is 6.44. The van der Waals surface area contributed by atoms with Crippen molar-refractivity contribution in [2.24, 2.45) is 0 Å². The Kier molecular flexibility index (Phi) is 3.41. The molecule has 2 N–H and O–H groups in total. The van der Waals surface area contributed by atoms with Gasteiger partial charge in [-0.3, -0.25) is 9.59 Å². The third kappa shape index (κ3) is 2.32. The summed E-state index contributed by atoms with van der Waals surface area (Å²) in [5.41, 5.74) is 0.0729. The van der Waals surface area contributed by atoms with Crippen molar-refractivity contribution in [3.63, 3.8) is 0 Å². The molecule has 0 aromatic heterocycles. The van der Waals surface area contributed by atoms with E-state index >= 15 is 0 Å². The quantitative estimate of drug-likeness (QED) is 0.545. The van der Waals surface area contributed by atoms with Crippen molar-refractivity contribution in [1.82, 2.24) is 0 Å². The van der Waals surface area contributed by atoms with Gasteiger partial charge < -0.3 is 14.9 Å². The molecule has 0 aliphatic carbocycles. The number of ketones is 2. The average molecular weight is 210 g/mol. The molecule has 0 fully saturated rings. The van der Waals surface area contributed by atoms with Crippen LogP contribution in [0.5, 0.6) is 11.5 Å². The maximum absolute atomic E-state index is 11.3. The summed E-state index contributed by atoms with van der Waals surface area (Å²) < 4.78 is 4.77. The van der Waals surface area contributed by atoms with Crippen LogP contribution in [0.15, 0.2) is 18.2 Å². The van der Waals surface area contributed by atoms with Gasteiger partial charge in [-0.1, -0.05) is 0 Å². The number of ether oxygens (including phenoxy) is 1. The smallest absolute Gasteiger partial charge is 0.231 e. The zero-order valence-corrected chi connectivity index (χ0v) is 8.06. The first kappa shape index (κ1) is 11.2. The maximum atomic E-state index is 11.3. The number of benzene rings is 1. The van der Waals surface area contributed by atoms with Crippen molar-refractivity contribution in [1.29, 1.82) is 0 Å². The van der Waals surface area contributed by atoms with Crippen LogP contribution in [0.3, 0.4) is 0 Å². The lowest BCUT2D eigenvalue weighted by molar-refractivity contribution is -0.117. The summed E-state index contributed by atoms with van der Waals surface area (Å²) in [5, 5.41) is 17.7. The Labute approximate surface area is 85.9 Å². The van der Waals surface area contributed by atoms with Gasteiger partial charge in [0.05, 0.1) is 7.11 Å². The highest BCUT2D eigenvalue weighted by Crippen LogP contribution is 2.26. The number of rotatable bonds is 4. The predicted molar refractivity (Wildman–Crippen MR) is 51.1 cm³/mol. The Morgan fingerprint density at radius 1 is 1.40 bits per heavy atom. The highest BCUT2D eigenvalue weighted by Gasteiger charge is 2.16. The van der Waals surface area contributed by atoms with Crippen LogP contribution in [0.25, 0.3) is 0 Å². The molecule has 0 atom stereocenters. The predicted octanol–water partition coefficient (Wildman–Crippen LogP) is 0.145. The van der Waals surface area contributed by atoms with Crippen molar-refractivity contribution >= 4 is 11.6 Å². The normalized spacial score (nSPS) is 9.73. The molecule has 0 amide bonds. The van der Waals surface area contributed by atoms with Gasteiger partial charge in [-0.25, -0.2) is 0 Å². The molecule has 0 unspecified atom stereocenters. The Bertz CT molecular complexity index is 397. The van der Waals surface area contributed by atoms with Gasteiger partial charge in [0, 0.05) is 5.56 Å². The van der Waals surface area contributed by atoms with Crippen LogP contribution in [0.2, 0.25) is 0 Å². The van der Waals surface area contributed by atoms with Gasteiger partial charge in [0.25, 0.3) is 0 Å². The van der Waals surface area contributed by atoms with Gasteiger partial charge in [0.2, 0.25) is 11.6 Å². The summed E-state index contributed by atoms with van der Waals surface area (Å²) in [6, 6.07) is 3.77. The van der Waals surface area contributed by atoms with Crippen LogP contribution in [-0.2, 0) is 4.79 Å². The summed E-state index contributed by atoms with van der Waals surface area (Å²) in [4.78, 5) is 22.2. The van der Waals surface area contributed by atoms with E-state index < -0.39 is 18.2 Å². The number of aliphatic hydroxyl groups is 1. The maximum Gasteiger partial charge on any atom is 0.231 e. The Morgan fingerprint density at radius 3 is 2.60 bits per heavy atom. The van der Waals surface area contributed by atoms with E-state index in [1.54, 1.807) is 0 Å². The molecule has 5 heteroatoms. The summed E-state index contributed by atoms with van der Waals surface area (Å²) in [5.74, 6) is -1.73. The van der Waals surface area contributed by atoms with E-state index in [0.29, 0.717) is 0 Å². The summed E-state index contributed by atoms with van der Waals surface area (Å²) in [7, 11) is 1.33. The topological polar surface area (TPSA) is 83.8 Å². The first-order valence-corrected chi connectivity index (χ1v) is 4.15. The lowest BCUT2D eigenvalue weighted by Crippen LogP contribution is -2.17. The SMILES string of the molecule is COc1cc(C(=O)C(=O)CO)ccc1O. The third-order valence-electron chi connectivity index (χ3n) is 1.84. The number of carbonyl (C=O) groups is 2. The molecule has 1 aromatic rings. The molecule has 1 aromatic carbocycles. The molecule has 0 heterocycles. The van der Waals surface area contributed by atoms with Gasteiger partial charge in [-0.2, -0.15) is 0 Å². The number of methoxy groups -OCH3 is 1. The number of phenols is 1. The number of Topliss-reactive ketones (excluding diaryl/α,β-unsaturated/α-hetero) is 2.